The molecule has 2 rings (SSSR count). The molecule has 1 nitrogen and oxygen atoms in total. The van der Waals surface area contributed by atoms with Crippen LogP contribution >= 0.6 is 11.9 Å². The minimum atomic E-state index is 1.17. The van der Waals surface area contributed by atoms with Crippen LogP contribution in [0.4, 0.5) is 5.69 Å². The zero-order chi connectivity index (χ0) is 8.55. The quantitative estimate of drug-likeness (QED) is 0.610. The van der Waals surface area contributed by atoms with E-state index in [2.05, 4.69) is 35.7 Å². The van der Waals surface area contributed by atoms with Gasteiger partial charge in [-0.1, -0.05) is 24.1 Å². The van der Waals surface area contributed by atoms with Crippen molar-refractivity contribution in [2.45, 2.75) is 13.3 Å². The molecule has 0 saturated heterocycles. The van der Waals surface area contributed by atoms with E-state index in [1.54, 1.807) is 0 Å². The Kier molecular flexibility index (Phi) is 2.01. The molecule has 1 heterocycles. The summed E-state index contributed by atoms with van der Waals surface area (Å²) in [6, 6.07) is 6.72. The van der Waals surface area contributed by atoms with Crippen molar-refractivity contribution in [3.05, 3.63) is 29.3 Å². The number of anilines is 1. The van der Waals surface area contributed by atoms with Crippen molar-refractivity contribution >= 4 is 17.6 Å². The molecule has 0 spiro atoms. The lowest BCUT2D eigenvalue weighted by Gasteiger charge is -2.14. The van der Waals surface area contributed by atoms with E-state index in [1.807, 2.05) is 11.9 Å². The van der Waals surface area contributed by atoms with Crippen molar-refractivity contribution < 1.29 is 0 Å². The van der Waals surface area contributed by atoms with E-state index < -0.39 is 0 Å². The van der Waals surface area contributed by atoms with Gasteiger partial charge in [0, 0.05) is 12.8 Å². The number of benzene rings is 1. The summed E-state index contributed by atoms with van der Waals surface area (Å²) in [5.41, 5.74) is 4.27. The Balaban J connectivity index is 2.42. The lowest BCUT2D eigenvalue weighted by molar-refractivity contribution is 1.06. The topological polar surface area (TPSA) is 3.24 Å². The van der Waals surface area contributed by atoms with Crippen molar-refractivity contribution in [1.82, 2.24) is 0 Å². The fourth-order valence-electron chi connectivity index (χ4n) is 1.65. The van der Waals surface area contributed by atoms with Gasteiger partial charge in [0.05, 0.1) is 5.69 Å². The van der Waals surface area contributed by atoms with Gasteiger partial charge in [0.2, 0.25) is 0 Å². The van der Waals surface area contributed by atoms with Gasteiger partial charge in [0.15, 0.2) is 0 Å². The maximum atomic E-state index is 2.36. The van der Waals surface area contributed by atoms with Crippen LogP contribution in [0.5, 0.6) is 0 Å². The van der Waals surface area contributed by atoms with E-state index in [1.165, 1.54) is 29.8 Å². The number of nitrogens with zero attached hydrogens (tertiary/aromatic N) is 1. The standard InChI is InChI=1S/C10H13NS/c1-8-3-4-9-5-6-11(12-2)10(9)7-8/h3-4,7H,5-6H2,1-2H3. The molecule has 0 unspecified atom stereocenters. The summed E-state index contributed by atoms with van der Waals surface area (Å²) in [7, 11) is 0. The summed E-state index contributed by atoms with van der Waals surface area (Å²) in [4.78, 5) is 0. The van der Waals surface area contributed by atoms with Crippen LogP contribution in [0, 0.1) is 6.92 Å². The zero-order valence-corrected chi connectivity index (χ0v) is 8.32. The first kappa shape index (κ1) is 7.99. The van der Waals surface area contributed by atoms with Crippen LogP contribution in [0.1, 0.15) is 11.1 Å². The molecule has 1 aliphatic heterocycles. The third kappa shape index (κ3) is 1.20. The molecule has 0 fully saturated rings. The second kappa shape index (κ2) is 3.02. The summed E-state index contributed by atoms with van der Waals surface area (Å²) in [6.07, 6.45) is 3.34. The molecule has 0 saturated carbocycles. The molecule has 0 N–H and O–H groups in total. The van der Waals surface area contributed by atoms with Gasteiger partial charge in [0.25, 0.3) is 0 Å². The Morgan fingerprint density at radius 2 is 2.25 bits per heavy atom. The van der Waals surface area contributed by atoms with Crippen LogP contribution in [0.2, 0.25) is 0 Å². The SMILES string of the molecule is CSN1CCc2ccc(C)cc21. The smallest absolute Gasteiger partial charge is 0.0505 e. The van der Waals surface area contributed by atoms with Gasteiger partial charge < -0.3 is 4.31 Å². The number of hydrogen-bond donors (Lipinski definition) is 0. The van der Waals surface area contributed by atoms with E-state index in [9.17, 15) is 0 Å². The highest BCUT2D eigenvalue weighted by Gasteiger charge is 2.17. The Morgan fingerprint density at radius 3 is 3.00 bits per heavy atom. The maximum absolute atomic E-state index is 2.36. The molecule has 0 aliphatic carbocycles. The maximum Gasteiger partial charge on any atom is 0.0505 e. The predicted molar refractivity (Wildman–Crippen MR) is 55.7 cm³/mol. The van der Waals surface area contributed by atoms with Gasteiger partial charge in [-0.05, 0) is 30.5 Å². The molecule has 64 valence electrons. The molecule has 1 aromatic carbocycles. The molecule has 0 atom stereocenters. The monoisotopic (exact) mass is 179 g/mol. The lowest BCUT2D eigenvalue weighted by Crippen LogP contribution is -2.08. The third-order valence-corrected chi connectivity index (χ3v) is 3.13. The van der Waals surface area contributed by atoms with E-state index in [0.717, 1.165) is 0 Å². The molecule has 1 aliphatic rings. The number of rotatable bonds is 1. The molecule has 1 aromatic rings. The minimum Gasteiger partial charge on any atom is -0.316 e. The third-order valence-electron chi connectivity index (χ3n) is 2.31. The summed E-state index contributed by atoms with van der Waals surface area (Å²) in [5.74, 6) is 0. The fourth-order valence-corrected chi connectivity index (χ4v) is 2.29. The van der Waals surface area contributed by atoms with Gasteiger partial charge in [-0.15, -0.1) is 0 Å². The summed E-state index contributed by atoms with van der Waals surface area (Å²) < 4.78 is 2.36. The van der Waals surface area contributed by atoms with Crippen molar-refractivity contribution in [3.63, 3.8) is 0 Å². The number of aryl methyl sites for hydroxylation is 1. The van der Waals surface area contributed by atoms with Crippen molar-refractivity contribution in [3.8, 4) is 0 Å². The summed E-state index contributed by atoms with van der Waals surface area (Å²) in [6.45, 7) is 3.32. The number of fused-ring (bicyclic) bond motifs is 1. The van der Waals surface area contributed by atoms with E-state index in [0.29, 0.717) is 0 Å². The molecule has 0 radical (unpaired) electrons. The van der Waals surface area contributed by atoms with Crippen LogP contribution in [-0.4, -0.2) is 12.8 Å². The predicted octanol–water partition coefficient (Wildman–Crippen LogP) is 2.64. The Hall–Kier alpha value is -0.630. The number of hydrogen-bond acceptors (Lipinski definition) is 2. The molecular weight excluding hydrogens is 166 g/mol. The van der Waals surface area contributed by atoms with E-state index in [-0.39, 0.29) is 0 Å². The Bertz CT molecular complexity index is 296. The minimum absolute atomic E-state index is 1.17. The Morgan fingerprint density at radius 1 is 1.42 bits per heavy atom. The van der Waals surface area contributed by atoms with Gasteiger partial charge in [-0.25, -0.2) is 0 Å². The molecular formula is C10H13NS. The average molecular weight is 179 g/mol. The van der Waals surface area contributed by atoms with Crippen molar-refractivity contribution in [2.75, 3.05) is 17.1 Å². The average Bonchev–Trinajstić information content (AvgIpc) is 2.46. The molecule has 0 amide bonds. The first-order valence-corrected chi connectivity index (χ1v) is 5.40. The van der Waals surface area contributed by atoms with Gasteiger partial charge in [0.1, 0.15) is 0 Å². The molecule has 2 heteroatoms. The van der Waals surface area contributed by atoms with Crippen LogP contribution in [-0.2, 0) is 6.42 Å². The van der Waals surface area contributed by atoms with Crippen molar-refractivity contribution in [2.24, 2.45) is 0 Å². The van der Waals surface area contributed by atoms with Crippen molar-refractivity contribution in [1.29, 1.82) is 0 Å². The van der Waals surface area contributed by atoms with Gasteiger partial charge >= 0.3 is 0 Å². The second-order valence-corrected chi connectivity index (χ2v) is 3.97. The summed E-state index contributed by atoms with van der Waals surface area (Å²) >= 11 is 1.82. The second-order valence-electron chi connectivity index (χ2n) is 3.17. The fraction of sp³-hybridized carbons (Fsp3) is 0.400. The normalized spacial score (nSPS) is 15.0. The summed E-state index contributed by atoms with van der Waals surface area (Å²) in [5, 5.41) is 0. The van der Waals surface area contributed by atoms with Crippen LogP contribution in [0.25, 0.3) is 0 Å². The zero-order valence-electron chi connectivity index (χ0n) is 7.50. The molecule has 12 heavy (non-hydrogen) atoms. The highest BCUT2D eigenvalue weighted by atomic mass is 32.2. The van der Waals surface area contributed by atoms with E-state index >= 15 is 0 Å². The highest BCUT2D eigenvalue weighted by molar-refractivity contribution is 8.00. The Labute approximate surface area is 77.9 Å². The largest absolute Gasteiger partial charge is 0.316 e. The van der Waals surface area contributed by atoms with E-state index in [4.69, 9.17) is 0 Å². The van der Waals surface area contributed by atoms with Crippen LogP contribution in [0.3, 0.4) is 0 Å². The first-order chi connectivity index (χ1) is 5.81. The van der Waals surface area contributed by atoms with Gasteiger partial charge in [-0.3, -0.25) is 0 Å². The lowest BCUT2D eigenvalue weighted by atomic mass is 10.1. The van der Waals surface area contributed by atoms with Crippen LogP contribution in [0.15, 0.2) is 18.2 Å². The molecule has 0 bridgehead atoms. The molecule has 0 aromatic heterocycles. The first-order valence-electron chi connectivity index (χ1n) is 4.22. The van der Waals surface area contributed by atoms with Gasteiger partial charge in [-0.2, -0.15) is 0 Å². The highest BCUT2D eigenvalue weighted by Crippen LogP contribution is 2.32. The van der Waals surface area contributed by atoms with Crippen LogP contribution < -0.4 is 4.31 Å².